The first kappa shape index (κ1) is 16.9. The molecule has 1 aliphatic rings. The maximum atomic E-state index is 10.0. The van der Waals surface area contributed by atoms with Gasteiger partial charge in [0.05, 0.1) is 11.4 Å². The summed E-state index contributed by atoms with van der Waals surface area (Å²) in [5.74, 6) is 0.335. The summed E-state index contributed by atoms with van der Waals surface area (Å²) in [6, 6.07) is 10.9. The number of aromatic nitrogens is 1. The van der Waals surface area contributed by atoms with Crippen molar-refractivity contribution in [2.24, 2.45) is 0 Å². The molecule has 0 bridgehead atoms. The highest BCUT2D eigenvalue weighted by Crippen LogP contribution is 2.33. The minimum absolute atomic E-state index is 0. The molecule has 1 saturated heterocycles. The molecular formula is C16H18ClN5O. The van der Waals surface area contributed by atoms with Gasteiger partial charge in [-0.05, 0) is 18.2 Å². The summed E-state index contributed by atoms with van der Waals surface area (Å²) >= 11 is 0. The van der Waals surface area contributed by atoms with Gasteiger partial charge in [-0.15, -0.1) is 12.4 Å². The smallest absolute Gasteiger partial charge is 0.144 e. The van der Waals surface area contributed by atoms with Crippen molar-refractivity contribution >= 4 is 23.9 Å². The third-order valence-electron chi connectivity index (χ3n) is 3.78. The van der Waals surface area contributed by atoms with E-state index in [1.807, 2.05) is 12.1 Å². The lowest BCUT2D eigenvalue weighted by Gasteiger charge is -2.30. The first-order valence-electron chi connectivity index (χ1n) is 7.15. The number of phenols is 1. The molecule has 6 nitrogen and oxygen atoms in total. The Morgan fingerprint density at radius 3 is 2.61 bits per heavy atom. The fourth-order valence-corrected chi connectivity index (χ4v) is 2.65. The van der Waals surface area contributed by atoms with Gasteiger partial charge in [-0.3, -0.25) is 0 Å². The number of hydrogen-bond acceptors (Lipinski definition) is 6. The van der Waals surface area contributed by atoms with E-state index in [1.165, 1.54) is 0 Å². The van der Waals surface area contributed by atoms with E-state index in [2.05, 4.69) is 21.3 Å². The number of benzene rings is 1. The molecule has 2 heterocycles. The zero-order chi connectivity index (χ0) is 15.5. The minimum atomic E-state index is 0. The minimum Gasteiger partial charge on any atom is -0.507 e. The second-order valence-electron chi connectivity index (χ2n) is 5.15. The number of halogens is 1. The van der Waals surface area contributed by atoms with Crippen LogP contribution in [0, 0.1) is 11.3 Å². The van der Waals surface area contributed by atoms with Crippen molar-refractivity contribution in [1.82, 2.24) is 10.3 Å². The van der Waals surface area contributed by atoms with Crippen LogP contribution in [0.3, 0.4) is 0 Å². The molecule has 0 spiro atoms. The summed E-state index contributed by atoms with van der Waals surface area (Å²) in [4.78, 5) is 6.41. The largest absolute Gasteiger partial charge is 0.507 e. The molecule has 3 rings (SSSR count). The van der Waals surface area contributed by atoms with E-state index in [0.29, 0.717) is 16.8 Å². The van der Waals surface area contributed by atoms with Gasteiger partial charge in [0.2, 0.25) is 0 Å². The number of nitrogens with one attached hydrogen (secondary N) is 1. The zero-order valence-electron chi connectivity index (χ0n) is 12.5. The molecular weight excluding hydrogens is 314 g/mol. The van der Waals surface area contributed by atoms with Crippen molar-refractivity contribution in [2.75, 3.05) is 36.8 Å². The summed E-state index contributed by atoms with van der Waals surface area (Å²) in [6.07, 6.45) is 0. The molecule has 1 aromatic carbocycles. The van der Waals surface area contributed by atoms with Gasteiger partial charge in [-0.1, -0.05) is 12.1 Å². The predicted octanol–water partition coefficient (Wildman–Crippen LogP) is 1.74. The number of nitriles is 1. The Kier molecular flexibility index (Phi) is 5.27. The molecule has 2 aromatic rings. The standard InChI is InChI=1S/C16H17N5O.ClH/c17-10-12-14(21-7-5-19-6-8-21)9-13(20-16(12)18)11-3-1-2-4-15(11)22;/h1-4,9,19,22H,5-8H2,(H2,18,20);1H. The quantitative estimate of drug-likeness (QED) is 0.775. The Morgan fingerprint density at radius 1 is 1.26 bits per heavy atom. The molecule has 0 atom stereocenters. The molecule has 0 saturated carbocycles. The van der Waals surface area contributed by atoms with Crippen LogP contribution in [0.5, 0.6) is 5.75 Å². The lowest BCUT2D eigenvalue weighted by Crippen LogP contribution is -2.43. The van der Waals surface area contributed by atoms with Crippen molar-refractivity contribution < 1.29 is 5.11 Å². The van der Waals surface area contributed by atoms with E-state index in [9.17, 15) is 10.4 Å². The van der Waals surface area contributed by atoms with Gasteiger partial charge in [0.25, 0.3) is 0 Å². The number of nitrogen functional groups attached to an aromatic ring is 1. The number of nitrogens with zero attached hydrogens (tertiary/aromatic N) is 3. The van der Waals surface area contributed by atoms with E-state index in [1.54, 1.807) is 18.2 Å². The summed E-state index contributed by atoms with van der Waals surface area (Å²) in [5.41, 5.74) is 8.31. The second kappa shape index (κ2) is 7.18. The molecule has 1 fully saturated rings. The number of hydrogen-bond donors (Lipinski definition) is 3. The number of phenolic OH excluding ortho intramolecular Hbond substituents is 1. The highest BCUT2D eigenvalue weighted by molar-refractivity contribution is 5.85. The topological polar surface area (TPSA) is 98.2 Å². The monoisotopic (exact) mass is 331 g/mol. The molecule has 0 amide bonds. The zero-order valence-corrected chi connectivity index (χ0v) is 13.3. The van der Waals surface area contributed by atoms with Crippen LogP contribution in [0.2, 0.25) is 0 Å². The molecule has 7 heteroatoms. The number of rotatable bonds is 2. The van der Waals surface area contributed by atoms with E-state index in [0.717, 1.165) is 31.9 Å². The average Bonchev–Trinajstić information content (AvgIpc) is 2.55. The van der Waals surface area contributed by atoms with E-state index in [-0.39, 0.29) is 24.0 Å². The van der Waals surface area contributed by atoms with Crippen LogP contribution in [-0.2, 0) is 0 Å². The first-order valence-corrected chi connectivity index (χ1v) is 7.15. The van der Waals surface area contributed by atoms with E-state index in [4.69, 9.17) is 5.73 Å². The second-order valence-corrected chi connectivity index (χ2v) is 5.15. The van der Waals surface area contributed by atoms with Crippen LogP contribution in [0.4, 0.5) is 11.5 Å². The van der Waals surface area contributed by atoms with Gasteiger partial charge in [-0.25, -0.2) is 4.98 Å². The maximum absolute atomic E-state index is 10.0. The van der Waals surface area contributed by atoms with Gasteiger partial charge >= 0.3 is 0 Å². The van der Waals surface area contributed by atoms with Crippen LogP contribution < -0.4 is 16.0 Å². The lowest BCUT2D eigenvalue weighted by molar-refractivity contribution is 0.477. The number of pyridine rings is 1. The maximum Gasteiger partial charge on any atom is 0.144 e. The number of piperazine rings is 1. The SMILES string of the molecule is Cl.N#Cc1c(N2CCNCC2)cc(-c2ccccc2O)nc1N. The molecule has 0 unspecified atom stereocenters. The third kappa shape index (κ3) is 3.31. The molecule has 120 valence electrons. The van der Waals surface area contributed by atoms with Gasteiger partial charge < -0.3 is 21.1 Å². The lowest BCUT2D eigenvalue weighted by atomic mass is 10.1. The number of anilines is 2. The van der Waals surface area contributed by atoms with E-state index < -0.39 is 0 Å². The van der Waals surface area contributed by atoms with Crippen molar-refractivity contribution in [2.45, 2.75) is 0 Å². The summed E-state index contributed by atoms with van der Waals surface area (Å²) in [7, 11) is 0. The molecule has 0 radical (unpaired) electrons. The molecule has 1 aliphatic heterocycles. The van der Waals surface area contributed by atoms with Crippen LogP contribution in [0.25, 0.3) is 11.3 Å². The Labute approximate surface area is 141 Å². The van der Waals surface area contributed by atoms with Crippen LogP contribution in [0.15, 0.2) is 30.3 Å². The van der Waals surface area contributed by atoms with Crippen molar-refractivity contribution in [1.29, 1.82) is 5.26 Å². The van der Waals surface area contributed by atoms with Gasteiger partial charge in [-0.2, -0.15) is 5.26 Å². The summed E-state index contributed by atoms with van der Waals surface area (Å²) < 4.78 is 0. The van der Waals surface area contributed by atoms with E-state index >= 15 is 0 Å². The van der Waals surface area contributed by atoms with Crippen LogP contribution in [-0.4, -0.2) is 36.3 Å². The highest BCUT2D eigenvalue weighted by atomic mass is 35.5. The van der Waals surface area contributed by atoms with Crippen molar-refractivity contribution in [3.8, 4) is 23.1 Å². The fourth-order valence-electron chi connectivity index (χ4n) is 2.65. The normalized spacial score (nSPS) is 14.0. The van der Waals surface area contributed by atoms with Crippen LogP contribution >= 0.6 is 12.4 Å². The molecule has 4 N–H and O–H groups in total. The van der Waals surface area contributed by atoms with Crippen molar-refractivity contribution in [3.63, 3.8) is 0 Å². The highest BCUT2D eigenvalue weighted by Gasteiger charge is 2.19. The van der Waals surface area contributed by atoms with Gasteiger partial charge in [0, 0.05) is 31.7 Å². The molecule has 23 heavy (non-hydrogen) atoms. The van der Waals surface area contributed by atoms with Crippen LogP contribution in [0.1, 0.15) is 5.56 Å². The average molecular weight is 332 g/mol. The predicted molar refractivity (Wildman–Crippen MR) is 92.8 cm³/mol. The Bertz CT molecular complexity index is 738. The fraction of sp³-hybridized carbons (Fsp3) is 0.250. The molecule has 0 aliphatic carbocycles. The Morgan fingerprint density at radius 2 is 1.96 bits per heavy atom. The summed E-state index contributed by atoms with van der Waals surface area (Å²) in [6.45, 7) is 3.33. The Hall–Kier alpha value is -2.49. The van der Waals surface area contributed by atoms with Gasteiger partial charge in [0.15, 0.2) is 0 Å². The van der Waals surface area contributed by atoms with Crippen molar-refractivity contribution in [3.05, 3.63) is 35.9 Å². The third-order valence-corrected chi connectivity index (χ3v) is 3.78. The Balaban J connectivity index is 0.00000192. The van der Waals surface area contributed by atoms with Gasteiger partial charge in [0.1, 0.15) is 23.2 Å². The first-order chi connectivity index (χ1) is 10.7. The number of para-hydroxylation sites is 1. The number of nitrogens with two attached hydrogens (primary N) is 1. The number of aromatic hydroxyl groups is 1. The molecule has 1 aromatic heterocycles. The summed E-state index contributed by atoms with van der Waals surface area (Å²) in [5, 5.41) is 22.7.